The lowest BCUT2D eigenvalue weighted by molar-refractivity contribution is 0.516. The van der Waals surface area contributed by atoms with Gasteiger partial charge in [0.05, 0.1) is 11.4 Å². The van der Waals surface area contributed by atoms with Gasteiger partial charge in [0, 0.05) is 5.25 Å². The first-order valence-electron chi connectivity index (χ1n) is 7.10. The van der Waals surface area contributed by atoms with E-state index in [2.05, 4.69) is 32.8 Å². The number of thioether (sulfide) groups is 1. The SMILES string of the molecule is CCCc1nc(CSC2CCCCC2)[nH]c(=O)c1Br. The molecule has 0 aliphatic heterocycles. The van der Waals surface area contributed by atoms with Crippen LogP contribution in [-0.4, -0.2) is 15.2 Å². The van der Waals surface area contributed by atoms with Crippen molar-refractivity contribution >= 4 is 27.7 Å². The Bertz CT molecular complexity index is 469. The van der Waals surface area contributed by atoms with Gasteiger partial charge in [-0.1, -0.05) is 32.6 Å². The second-order valence-electron chi connectivity index (χ2n) is 5.09. The Balaban J connectivity index is 2.01. The third-order valence-electron chi connectivity index (χ3n) is 3.48. The summed E-state index contributed by atoms with van der Waals surface area (Å²) in [5.74, 6) is 1.65. The van der Waals surface area contributed by atoms with E-state index in [-0.39, 0.29) is 5.56 Å². The largest absolute Gasteiger partial charge is 0.309 e. The first-order chi connectivity index (χ1) is 9.20. The highest BCUT2D eigenvalue weighted by Crippen LogP contribution is 2.29. The van der Waals surface area contributed by atoms with Gasteiger partial charge in [0.15, 0.2) is 0 Å². The van der Waals surface area contributed by atoms with Gasteiger partial charge in [-0.25, -0.2) is 4.98 Å². The van der Waals surface area contributed by atoms with Crippen molar-refractivity contribution in [2.45, 2.75) is 62.9 Å². The summed E-state index contributed by atoms with van der Waals surface area (Å²) in [4.78, 5) is 19.3. The fraction of sp³-hybridized carbons (Fsp3) is 0.714. The summed E-state index contributed by atoms with van der Waals surface area (Å²) in [6, 6.07) is 0. The number of H-pyrrole nitrogens is 1. The lowest BCUT2D eigenvalue weighted by atomic mass is 10.0. The molecule has 0 unspecified atom stereocenters. The summed E-state index contributed by atoms with van der Waals surface area (Å²) in [5.41, 5.74) is 0.850. The van der Waals surface area contributed by atoms with Gasteiger partial charge in [0.1, 0.15) is 10.3 Å². The zero-order chi connectivity index (χ0) is 13.7. The van der Waals surface area contributed by atoms with Gasteiger partial charge in [-0.3, -0.25) is 4.79 Å². The predicted molar refractivity (Wildman–Crippen MR) is 84.7 cm³/mol. The van der Waals surface area contributed by atoms with Crippen LogP contribution in [0.2, 0.25) is 0 Å². The van der Waals surface area contributed by atoms with E-state index in [0.717, 1.165) is 35.4 Å². The number of aryl methyl sites for hydroxylation is 1. The van der Waals surface area contributed by atoms with Crippen LogP contribution < -0.4 is 5.56 Å². The van der Waals surface area contributed by atoms with Crippen LogP contribution in [0.25, 0.3) is 0 Å². The molecule has 1 aromatic heterocycles. The summed E-state index contributed by atoms with van der Waals surface area (Å²) in [6.45, 7) is 2.10. The van der Waals surface area contributed by atoms with Gasteiger partial charge in [0.25, 0.3) is 5.56 Å². The highest BCUT2D eigenvalue weighted by Gasteiger charge is 2.15. The molecule has 106 valence electrons. The van der Waals surface area contributed by atoms with Gasteiger partial charge in [-0.2, -0.15) is 11.8 Å². The van der Waals surface area contributed by atoms with Crippen LogP contribution in [0.15, 0.2) is 9.27 Å². The maximum absolute atomic E-state index is 11.8. The van der Waals surface area contributed by atoms with E-state index in [1.807, 2.05) is 11.8 Å². The third-order valence-corrected chi connectivity index (χ3v) is 5.68. The van der Waals surface area contributed by atoms with Crippen molar-refractivity contribution in [3.8, 4) is 0 Å². The maximum atomic E-state index is 11.8. The van der Waals surface area contributed by atoms with Crippen LogP contribution in [0.4, 0.5) is 0 Å². The van der Waals surface area contributed by atoms with Gasteiger partial charge in [-0.05, 0) is 35.2 Å². The number of hydrogen-bond donors (Lipinski definition) is 1. The van der Waals surface area contributed by atoms with E-state index in [1.54, 1.807) is 0 Å². The molecule has 1 aromatic rings. The predicted octanol–water partition coefficient (Wildman–Crippen LogP) is 4.05. The Labute approximate surface area is 127 Å². The molecule has 0 amide bonds. The molecule has 3 nitrogen and oxygen atoms in total. The minimum Gasteiger partial charge on any atom is -0.309 e. The van der Waals surface area contributed by atoms with Gasteiger partial charge in [-0.15, -0.1) is 0 Å². The standard InChI is InChI=1S/C14H21BrN2OS/c1-2-6-11-13(15)14(18)17-12(16-11)9-19-10-7-4-3-5-8-10/h10H,2-9H2,1H3,(H,16,17,18). The average Bonchev–Trinajstić information content (AvgIpc) is 2.43. The van der Waals surface area contributed by atoms with Crippen molar-refractivity contribution in [3.05, 3.63) is 26.3 Å². The topological polar surface area (TPSA) is 45.8 Å². The molecule has 1 saturated carbocycles. The monoisotopic (exact) mass is 344 g/mol. The zero-order valence-electron chi connectivity index (χ0n) is 11.4. The fourth-order valence-corrected chi connectivity index (χ4v) is 4.04. The molecule has 1 aliphatic rings. The van der Waals surface area contributed by atoms with Crippen LogP contribution in [0.5, 0.6) is 0 Å². The van der Waals surface area contributed by atoms with E-state index in [1.165, 1.54) is 32.1 Å². The third kappa shape index (κ3) is 4.35. The van der Waals surface area contributed by atoms with Crippen LogP contribution in [0, 0.1) is 0 Å². The molecular weight excluding hydrogens is 324 g/mol. The normalized spacial score (nSPS) is 16.7. The lowest BCUT2D eigenvalue weighted by Gasteiger charge is -2.20. The Morgan fingerprint density at radius 3 is 2.79 bits per heavy atom. The number of hydrogen-bond acceptors (Lipinski definition) is 3. The van der Waals surface area contributed by atoms with Crippen LogP contribution in [0.1, 0.15) is 57.0 Å². The van der Waals surface area contributed by atoms with Crippen LogP contribution >= 0.6 is 27.7 Å². The molecular formula is C14H21BrN2OS. The smallest absolute Gasteiger partial charge is 0.265 e. The Hall–Kier alpha value is -0.290. The van der Waals surface area contributed by atoms with Crippen molar-refractivity contribution < 1.29 is 0 Å². The molecule has 2 rings (SSSR count). The minimum atomic E-state index is -0.0438. The summed E-state index contributed by atoms with van der Waals surface area (Å²) >= 11 is 5.27. The van der Waals surface area contributed by atoms with E-state index in [0.29, 0.717) is 4.47 Å². The van der Waals surface area contributed by atoms with Crippen molar-refractivity contribution in [1.82, 2.24) is 9.97 Å². The number of rotatable bonds is 5. The molecule has 0 saturated heterocycles. The molecule has 0 radical (unpaired) electrons. The van der Waals surface area contributed by atoms with Crippen molar-refractivity contribution in [2.24, 2.45) is 0 Å². The van der Waals surface area contributed by atoms with E-state index in [9.17, 15) is 4.79 Å². The molecule has 0 spiro atoms. The van der Waals surface area contributed by atoms with E-state index >= 15 is 0 Å². The molecule has 5 heteroatoms. The molecule has 0 atom stereocenters. The maximum Gasteiger partial charge on any atom is 0.265 e. The highest BCUT2D eigenvalue weighted by molar-refractivity contribution is 9.10. The number of halogens is 1. The fourth-order valence-electron chi connectivity index (χ4n) is 2.46. The van der Waals surface area contributed by atoms with Crippen LogP contribution in [0.3, 0.4) is 0 Å². The Morgan fingerprint density at radius 2 is 2.11 bits per heavy atom. The molecule has 1 N–H and O–H groups in total. The zero-order valence-corrected chi connectivity index (χ0v) is 13.8. The molecule has 0 bridgehead atoms. The molecule has 1 fully saturated rings. The Kier molecular flexibility index (Phi) is 5.95. The summed E-state index contributed by atoms with van der Waals surface area (Å²) in [6.07, 6.45) is 8.56. The van der Waals surface area contributed by atoms with Crippen molar-refractivity contribution in [1.29, 1.82) is 0 Å². The average molecular weight is 345 g/mol. The summed E-state index contributed by atoms with van der Waals surface area (Å²) in [7, 11) is 0. The van der Waals surface area contributed by atoms with Crippen molar-refractivity contribution in [2.75, 3.05) is 0 Å². The number of nitrogens with one attached hydrogen (secondary N) is 1. The van der Waals surface area contributed by atoms with Gasteiger partial charge in [0.2, 0.25) is 0 Å². The Morgan fingerprint density at radius 1 is 1.37 bits per heavy atom. The van der Waals surface area contributed by atoms with Crippen molar-refractivity contribution in [3.63, 3.8) is 0 Å². The molecule has 1 heterocycles. The second kappa shape index (κ2) is 7.48. The summed E-state index contributed by atoms with van der Waals surface area (Å²) < 4.78 is 0.598. The van der Waals surface area contributed by atoms with Crippen LogP contribution in [-0.2, 0) is 12.2 Å². The first kappa shape index (κ1) is 15.1. The van der Waals surface area contributed by atoms with Gasteiger partial charge >= 0.3 is 0 Å². The molecule has 0 aromatic carbocycles. The van der Waals surface area contributed by atoms with Gasteiger partial charge < -0.3 is 4.98 Å². The molecule has 19 heavy (non-hydrogen) atoms. The molecule has 1 aliphatic carbocycles. The van der Waals surface area contributed by atoms with E-state index in [4.69, 9.17) is 0 Å². The first-order valence-corrected chi connectivity index (χ1v) is 8.94. The second-order valence-corrected chi connectivity index (χ2v) is 7.18. The lowest BCUT2D eigenvalue weighted by Crippen LogP contribution is -2.16. The highest BCUT2D eigenvalue weighted by atomic mass is 79.9. The number of aromatic nitrogens is 2. The minimum absolute atomic E-state index is 0.0438. The quantitative estimate of drug-likeness (QED) is 0.876. The van der Waals surface area contributed by atoms with E-state index < -0.39 is 0 Å². The number of nitrogens with zero attached hydrogens (tertiary/aromatic N) is 1. The summed E-state index contributed by atoms with van der Waals surface area (Å²) in [5, 5.41) is 0.748. The number of aromatic amines is 1.